The standard InChI is InChI=1S/C20H26FN3O2/c1-22-20(24(2)14-16-6-5-7-17(21)12-16)23-11-10-15-8-9-18(25-3)19(13-15)26-4/h5-9,12-13H,10-11,14H2,1-4H3,(H,22,23). The van der Waals surface area contributed by atoms with E-state index in [-0.39, 0.29) is 5.82 Å². The molecule has 140 valence electrons. The van der Waals surface area contributed by atoms with E-state index in [4.69, 9.17) is 9.47 Å². The highest BCUT2D eigenvalue weighted by Gasteiger charge is 2.08. The van der Waals surface area contributed by atoms with E-state index < -0.39 is 0 Å². The van der Waals surface area contributed by atoms with Gasteiger partial charge in [0.15, 0.2) is 17.5 Å². The van der Waals surface area contributed by atoms with Crippen molar-refractivity contribution in [3.05, 3.63) is 59.4 Å². The number of hydrogen-bond donors (Lipinski definition) is 1. The number of benzene rings is 2. The maximum Gasteiger partial charge on any atom is 0.193 e. The Morgan fingerprint density at radius 2 is 1.85 bits per heavy atom. The third-order valence-corrected chi connectivity index (χ3v) is 4.03. The summed E-state index contributed by atoms with van der Waals surface area (Å²) in [7, 11) is 6.91. The number of hydrogen-bond acceptors (Lipinski definition) is 3. The molecule has 0 aliphatic heterocycles. The molecule has 0 radical (unpaired) electrons. The topological polar surface area (TPSA) is 46.1 Å². The van der Waals surface area contributed by atoms with Crippen LogP contribution in [0.25, 0.3) is 0 Å². The molecule has 2 rings (SSSR count). The van der Waals surface area contributed by atoms with Crippen LogP contribution in [0.2, 0.25) is 0 Å². The van der Waals surface area contributed by atoms with Gasteiger partial charge in [0.1, 0.15) is 5.82 Å². The van der Waals surface area contributed by atoms with Crippen molar-refractivity contribution in [2.45, 2.75) is 13.0 Å². The lowest BCUT2D eigenvalue weighted by molar-refractivity contribution is 0.354. The highest BCUT2D eigenvalue weighted by atomic mass is 19.1. The first kappa shape index (κ1) is 19.6. The van der Waals surface area contributed by atoms with Crippen LogP contribution in [0.15, 0.2) is 47.5 Å². The summed E-state index contributed by atoms with van der Waals surface area (Å²) in [5.74, 6) is 1.97. The number of rotatable bonds is 7. The lowest BCUT2D eigenvalue weighted by Crippen LogP contribution is -2.39. The molecule has 2 aromatic carbocycles. The molecule has 5 nitrogen and oxygen atoms in total. The summed E-state index contributed by atoms with van der Waals surface area (Å²) in [4.78, 5) is 6.25. The summed E-state index contributed by atoms with van der Waals surface area (Å²) in [6.45, 7) is 1.30. The second-order valence-electron chi connectivity index (χ2n) is 5.90. The summed E-state index contributed by atoms with van der Waals surface area (Å²) in [6, 6.07) is 12.5. The van der Waals surface area contributed by atoms with Crippen molar-refractivity contribution in [3.8, 4) is 11.5 Å². The van der Waals surface area contributed by atoms with Crippen molar-refractivity contribution in [2.75, 3.05) is 34.9 Å². The predicted octanol–water partition coefficient (Wildman–Crippen LogP) is 3.09. The van der Waals surface area contributed by atoms with E-state index in [1.165, 1.54) is 12.1 Å². The van der Waals surface area contributed by atoms with Gasteiger partial charge in [-0.3, -0.25) is 4.99 Å². The zero-order valence-corrected chi connectivity index (χ0v) is 15.8. The third kappa shape index (κ3) is 5.37. The van der Waals surface area contributed by atoms with Gasteiger partial charge in [-0.2, -0.15) is 0 Å². The fraction of sp³-hybridized carbons (Fsp3) is 0.350. The van der Waals surface area contributed by atoms with E-state index in [2.05, 4.69) is 10.3 Å². The summed E-state index contributed by atoms with van der Waals surface area (Å²) in [6.07, 6.45) is 0.813. The summed E-state index contributed by atoms with van der Waals surface area (Å²) < 4.78 is 23.9. The van der Waals surface area contributed by atoms with E-state index in [0.29, 0.717) is 6.54 Å². The van der Waals surface area contributed by atoms with Crippen molar-refractivity contribution >= 4 is 5.96 Å². The first-order valence-electron chi connectivity index (χ1n) is 8.44. The van der Waals surface area contributed by atoms with Crippen LogP contribution >= 0.6 is 0 Å². The monoisotopic (exact) mass is 359 g/mol. The number of methoxy groups -OCH3 is 2. The van der Waals surface area contributed by atoms with Crippen LogP contribution in [0.1, 0.15) is 11.1 Å². The van der Waals surface area contributed by atoms with Crippen molar-refractivity contribution in [2.24, 2.45) is 4.99 Å². The molecule has 0 aliphatic rings. The van der Waals surface area contributed by atoms with E-state index >= 15 is 0 Å². The van der Waals surface area contributed by atoms with Gasteiger partial charge in [-0.1, -0.05) is 18.2 Å². The lowest BCUT2D eigenvalue weighted by Gasteiger charge is -2.22. The molecule has 6 heteroatoms. The number of nitrogens with one attached hydrogen (secondary N) is 1. The molecule has 0 unspecified atom stereocenters. The number of ether oxygens (including phenoxy) is 2. The summed E-state index contributed by atoms with van der Waals surface area (Å²) >= 11 is 0. The quantitative estimate of drug-likeness (QED) is 0.610. The van der Waals surface area contributed by atoms with Gasteiger partial charge in [-0.25, -0.2) is 4.39 Å². The molecule has 2 aromatic rings. The molecule has 1 N–H and O–H groups in total. The summed E-state index contributed by atoms with van der Waals surface area (Å²) in [5.41, 5.74) is 2.04. The Morgan fingerprint density at radius 1 is 1.08 bits per heavy atom. The maximum absolute atomic E-state index is 13.3. The van der Waals surface area contributed by atoms with Gasteiger partial charge in [0.2, 0.25) is 0 Å². The molecule has 0 bridgehead atoms. The van der Waals surface area contributed by atoms with Gasteiger partial charge in [0.05, 0.1) is 14.2 Å². The zero-order chi connectivity index (χ0) is 18.9. The molecular weight excluding hydrogens is 333 g/mol. The minimum absolute atomic E-state index is 0.229. The minimum Gasteiger partial charge on any atom is -0.493 e. The van der Waals surface area contributed by atoms with Crippen LogP contribution in [0.3, 0.4) is 0 Å². The third-order valence-electron chi connectivity index (χ3n) is 4.03. The average Bonchev–Trinajstić information content (AvgIpc) is 2.65. The summed E-state index contributed by atoms with van der Waals surface area (Å²) in [5, 5.41) is 3.33. The minimum atomic E-state index is -0.229. The molecule has 0 heterocycles. The molecule has 0 saturated heterocycles. The van der Waals surface area contributed by atoms with Crippen LogP contribution in [0.4, 0.5) is 4.39 Å². The van der Waals surface area contributed by atoms with Crippen molar-refractivity contribution in [3.63, 3.8) is 0 Å². The van der Waals surface area contributed by atoms with Gasteiger partial charge >= 0.3 is 0 Å². The SMILES string of the molecule is CN=C(NCCc1ccc(OC)c(OC)c1)N(C)Cc1cccc(F)c1. The fourth-order valence-corrected chi connectivity index (χ4v) is 2.72. The number of guanidine groups is 1. The normalized spacial score (nSPS) is 11.2. The van der Waals surface area contributed by atoms with Crippen LogP contribution in [0, 0.1) is 5.82 Å². The van der Waals surface area contributed by atoms with Crippen LogP contribution in [0.5, 0.6) is 11.5 Å². The van der Waals surface area contributed by atoms with Crippen molar-refractivity contribution in [1.29, 1.82) is 0 Å². The van der Waals surface area contributed by atoms with Gasteiger partial charge < -0.3 is 19.7 Å². The molecule has 0 amide bonds. The Bertz CT molecular complexity index is 750. The smallest absolute Gasteiger partial charge is 0.193 e. The highest BCUT2D eigenvalue weighted by molar-refractivity contribution is 5.79. The largest absolute Gasteiger partial charge is 0.493 e. The van der Waals surface area contributed by atoms with E-state index in [0.717, 1.165) is 41.6 Å². The highest BCUT2D eigenvalue weighted by Crippen LogP contribution is 2.27. The van der Waals surface area contributed by atoms with Gasteiger partial charge in [0.25, 0.3) is 0 Å². The molecule has 0 fully saturated rings. The molecule has 0 spiro atoms. The Kier molecular flexibility index (Phi) is 7.26. The fourth-order valence-electron chi connectivity index (χ4n) is 2.72. The number of aliphatic imine (C=N–C) groups is 1. The van der Waals surface area contributed by atoms with Gasteiger partial charge in [-0.15, -0.1) is 0 Å². The van der Waals surface area contributed by atoms with Crippen molar-refractivity contribution < 1.29 is 13.9 Å². The number of halogens is 1. The molecule has 0 saturated carbocycles. The van der Waals surface area contributed by atoms with Crippen molar-refractivity contribution in [1.82, 2.24) is 10.2 Å². The molecule has 26 heavy (non-hydrogen) atoms. The van der Waals surface area contributed by atoms with Crippen LogP contribution in [-0.2, 0) is 13.0 Å². The molecular formula is C20H26FN3O2. The van der Waals surface area contributed by atoms with E-state index in [1.807, 2.05) is 36.2 Å². The second kappa shape index (κ2) is 9.65. The van der Waals surface area contributed by atoms with E-state index in [9.17, 15) is 4.39 Å². The predicted molar refractivity (Wildman–Crippen MR) is 102 cm³/mol. The second-order valence-corrected chi connectivity index (χ2v) is 5.90. The average molecular weight is 359 g/mol. The molecule has 0 atom stereocenters. The first-order chi connectivity index (χ1) is 12.6. The first-order valence-corrected chi connectivity index (χ1v) is 8.44. The van der Waals surface area contributed by atoms with E-state index in [1.54, 1.807) is 27.3 Å². The zero-order valence-electron chi connectivity index (χ0n) is 15.8. The molecule has 0 aliphatic carbocycles. The Labute approximate surface area is 154 Å². The Morgan fingerprint density at radius 3 is 2.50 bits per heavy atom. The number of nitrogens with zero attached hydrogens (tertiary/aromatic N) is 2. The maximum atomic E-state index is 13.3. The van der Waals surface area contributed by atoms with Crippen LogP contribution < -0.4 is 14.8 Å². The van der Waals surface area contributed by atoms with Crippen LogP contribution in [-0.4, -0.2) is 45.7 Å². The lowest BCUT2D eigenvalue weighted by atomic mass is 10.1. The Balaban J connectivity index is 1.90. The van der Waals surface area contributed by atoms with Gasteiger partial charge in [-0.05, 0) is 41.8 Å². The molecule has 0 aromatic heterocycles. The Hall–Kier alpha value is -2.76. The van der Waals surface area contributed by atoms with Gasteiger partial charge in [0, 0.05) is 27.2 Å².